The number of aliphatic hydroxyl groups excluding tert-OH is 2. The summed E-state index contributed by atoms with van der Waals surface area (Å²) in [5.74, 6) is 0.451. The van der Waals surface area contributed by atoms with Gasteiger partial charge in [-0.15, -0.1) is 0 Å². The number of esters is 1. The maximum Gasteiger partial charge on any atom is 0.343 e. The molecule has 6 nitrogen and oxygen atoms in total. The van der Waals surface area contributed by atoms with Gasteiger partial charge in [-0.2, -0.15) is 0 Å². The van der Waals surface area contributed by atoms with Crippen LogP contribution in [0.5, 0.6) is 0 Å². The fourth-order valence-electron chi connectivity index (χ4n) is 7.30. The number of aliphatic hydroxyl groups is 2. The number of allylic oxidation sites excluding steroid dienone is 3. The Bertz CT molecular complexity index is 1160. The third-order valence-corrected chi connectivity index (χ3v) is 9.84. The summed E-state index contributed by atoms with van der Waals surface area (Å²) >= 11 is 0. The average molecular weight is 519 g/mol. The Labute approximate surface area is 227 Å². The normalized spacial score (nSPS) is 35.5. The number of nitrogens with zero attached hydrogens (tertiary/aromatic N) is 2. The van der Waals surface area contributed by atoms with Crippen LogP contribution in [0, 0.1) is 22.7 Å². The Morgan fingerprint density at radius 3 is 2.53 bits per heavy atom. The van der Waals surface area contributed by atoms with Crippen molar-refractivity contribution in [3.8, 4) is 0 Å². The van der Waals surface area contributed by atoms with Gasteiger partial charge in [-0.3, -0.25) is 0 Å². The van der Waals surface area contributed by atoms with Gasteiger partial charge in [0.25, 0.3) is 0 Å². The molecule has 3 fully saturated rings. The van der Waals surface area contributed by atoms with Crippen LogP contribution in [-0.4, -0.2) is 67.0 Å². The molecule has 6 heteroatoms. The number of fused-ring (bicyclic) bond motifs is 1. The molecule has 0 amide bonds. The van der Waals surface area contributed by atoms with Crippen molar-refractivity contribution in [2.24, 2.45) is 22.7 Å². The van der Waals surface area contributed by atoms with E-state index in [4.69, 9.17) is 4.74 Å². The van der Waals surface area contributed by atoms with Crippen LogP contribution in [0.4, 0.5) is 5.69 Å². The first-order valence-corrected chi connectivity index (χ1v) is 14.0. The van der Waals surface area contributed by atoms with E-state index < -0.39 is 11.5 Å². The predicted molar refractivity (Wildman–Crippen MR) is 151 cm³/mol. The smallest absolute Gasteiger partial charge is 0.343 e. The second kappa shape index (κ2) is 10.5. The van der Waals surface area contributed by atoms with E-state index in [9.17, 15) is 15.0 Å². The van der Waals surface area contributed by atoms with Gasteiger partial charge in [-0.25, -0.2) is 4.79 Å². The summed E-state index contributed by atoms with van der Waals surface area (Å²) in [5.41, 5.74) is 3.24. The summed E-state index contributed by atoms with van der Waals surface area (Å²) in [7, 11) is 2.16. The minimum Gasteiger partial charge on any atom is -0.423 e. The van der Waals surface area contributed by atoms with Gasteiger partial charge in [0.15, 0.2) is 0 Å². The van der Waals surface area contributed by atoms with E-state index >= 15 is 0 Å². The maximum absolute atomic E-state index is 12.7. The van der Waals surface area contributed by atoms with Crippen molar-refractivity contribution >= 4 is 17.7 Å². The van der Waals surface area contributed by atoms with E-state index in [-0.39, 0.29) is 29.8 Å². The Hall–Kier alpha value is -2.67. The lowest BCUT2D eigenvalue weighted by Gasteiger charge is -2.59. The van der Waals surface area contributed by atoms with Crippen molar-refractivity contribution in [1.29, 1.82) is 0 Å². The molecular weight excluding hydrogens is 476 g/mol. The first kappa shape index (κ1) is 26.9. The molecule has 5 rings (SSSR count). The maximum atomic E-state index is 12.7. The van der Waals surface area contributed by atoms with E-state index in [0.717, 1.165) is 56.6 Å². The topological polar surface area (TPSA) is 73.2 Å². The van der Waals surface area contributed by atoms with Gasteiger partial charge < -0.3 is 24.7 Å². The van der Waals surface area contributed by atoms with Crippen molar-refractivity contribution in [3.05, 3.63) is 71.5 Å². The highest BCUT2D eigenvalue weighted by molar-refractivity contribution is 5.96. The molecule has 38 heavy (non-hydrogen) atoms. The molecule has 4 aliphatic rings. The Balaban J connectivity index is 1.31. The number of benzene rings is 1. The summed E-state index contributed by atoms with van der Waals surface area (Å²) in [6, 6.07) is 8.40. The molecular formula is C32H42N2O4. The second-order valence-electron chi connectivity index (χ2n) is 12.2. The lowest BCUT2D eigenvalue weighted by molar-refractivity contribution is -0.145. The predicted octanol–water partition coefficient (Wildman–Crippen LogP) is 4.56. The fraction of sp³-hybridized carbons (Fsp3) is 0.531. The lowest BCUT2D eigenvalue weighted by Crippen LogP contribution is -2.57. The third-order valence-electron chi connectivity index (χ3n) is 9.84. The van der Waals surface area contributed by atoms with Crippen molar-refractivity contribution in [2.45, 2.75) is 45.6 Å². The van der Waals surface area contributed by atoms with Crippen molar-refractivity contribution in [2.75, 3.05) is 44.7 Å². The largest absolute Gasteiger partial charge is 0.423 e. The number of hydrogen-bond acceptors (Lipinski definition) is 6. The first-order valence-electron chi connectivity index (χ1n) is 14.0. The minimum atomic E-state index is -0.527. The summed E-state index contributed by atoms with van der Waals surface area (Å²) < 4.78 is 5.57. The summed E-state index contributed by atoms with van der Waals surface area (Å²) in [6.45, 7) is 12.8. The summed E-state index contributed by atoms with van der Waals surface area (Å²) in [5, 5.41) is 21.0. The SMILES string of the molecule is C=C1CCC2[C@](C)(CC[C@@H](O)[C@@]2(C)CO)C1/C=C/C1=CC(=C\c2ccc(N3CCN(C)CC3)cc2)/OC1=O. The van der Waals surface area contributed by atoms with Crippen LogP contribution in [0.25, 0.3) is 6.08 Å². The van der Waals surface area contributed by atoms with Crippen LogP contribution < -0.4 is 4.90 Å². The van der Waals surface area contributed by atoms with Gasteiger partial charge in [0.2, 0.25) is 0 Å². The summed E-state index contributed by atoms with van der Waals surface area (Å²) in [4.78, 5) is 17.4. The van der Waals surface area contributed by atoms with Gasteiger partial charge >= 0.3 is 5.97 Å². The number of ether oxygens (including phenoxy) is 1. The number of carbonyl (C=O) groups excluding carboxylic acids is 1. The van der Waals surface area contributed by atoms with Crippen LogP contribution in [0.3, 0.4) is 0 Å². The zero-order valence-electron chi connectivity index (χ0n) is 23.0. The molecule has 1 saturated heterocycles. The number of anilines is 1. The molecule has 1 aromatic carbocycles. The number of hydrogen-bond donors (Lipinski definition) is 2. The highest BCUT2D eigenvalue weighted by atomic mass is 16.5. The molecule has 2 heterocycles. The standard InChI is InChI=1S/C32H42N2O4/c1-22-5-12-28-31(2,14-13-29(36)32(28,3)21-35)27(22)11-8-24-20-26(38-30(24)37)19-23-6-9-25(10-7-23)34-17-15-33(4)16-18-34/h6-11,19-20,27-29,35-36H,1,5,12-18,21H2,2-4H3/b11-8+,26-19+/t27?,28?,29-,31-,32+/m1/s1. The van der Waals surface area contributed by atoms with Gasteiger partial charge in [0.1, 0.15) is 5.76 Å². The first-order chi connectivity index (χ1) is 18.1. The lowest BCUT2D eigenvalue weighted by atomic mass is 9.46. The van der Waals surface area contributed by atoms with Crippen LogP contribution in [0.15, 0.2) is 66.0 Å². The average Bonchev–Trinajstić information content (AvgIpc) is 3.25. The number of piperazine rings is 1. The zero-order chi connectivity index (χ0) is 27.1. The van der Waals surface area contributed by atoms with E-state index in [1.165, 1.54) is 5.69 Å². The number of cyclic esters (lactones) is 1. The Morgan fingerprint density at radius 2 is 1.84 bits per heavy atom. The monoisotopic (exact) mass is 518 g/mol. The van der Waals surface area contributed by atoms with Crippen molar-refractivity contribution < 1.29 is 19.7 Å². The van der Waals surface area contributed by atoms with Crippen molar-refractivity contribution in [1.82, 2.24) is 4.90 Å². The van der Waals surface area contributed by atoms with Crippen LogP contribution in [0.1, 0.15) is 45.1 Å². The molecule has 2 aliphatic carbocycles. The van der Waals surface area contributed by atoms with Gasteiger partial charge in [0.05, 0.1) is 18.3 Å². The molecule has 0 bridgehead atoms. The minimum absolute atomic E-state index is 0.0285. The Kier molecular flexibility index (Phi) is 7.42. The molecule has 2 saturated carbocycles. The number of likely N-dealkylation sites (N-methyl/N-ethyl adjacent to an activating group) is 1. The zero-order valence-corrected chi connectivity index (χ0v) is 23.0. The fourth-order valence-corrected chi connectivity index (χ4v) is 7.30. The molecule has 2 N–H and O–H groups in total. The molecule has 2 unspecified atom stereocenters. The summed E-state index contributed by atoms with van der Waals surface area (Å²) in [6.07, 6.45) is 10.5. The molecule has 0 aromatic heterocycles. The highest BCUT2D eigenvalue weighted by Gasteiger charge is 2.57. The van der Waals surface area contributed by atoms with Crippen LogP contribution in [0.2, 0.25) is 0 Å². The van der Waals surface area contributed by atoms with Crippen molar-refractivity contribution in [3.63, 3.8) is 0 Å². The molecule has 2 aliphatic heterocycles. The Morgan fingerprint density at radius 1 is 1.13 bits per heavy atom. The van der Waals surface area contributed by atoms with E-state index in [1.807, 2.05) is 19.1 Å². The molecule has 204 valence electrons. The van der Waals surface area contributed by atoms with E-state index in [1.54, 1.807) is 6.08 Å². The van der Waals surface area contributed by atoms with Gasteiger partial charge in [-0.1, -0.05) is 50.3 Å². The van der Waals surface area contributed by atoms with Crippen LogP contribution in [-0.2, 0) is 9.53 Å². The quantitative estimate of drug-likeness (QED) is 0.440. The van der Waals surface area contributed by atoms with Crippen LogP contribution >= 0.6 is 0 Å². The van der Waals surface area contributed by atoms with E-state index in [0.29, 0.717) is 17.8 Å². The third kappa shape index (κ3) is 4.90. The van der Waals surface area contributed by atoms with Gasteiger partial charge in [0, 0.05) is 43.2 Å². The highest BCUT2D eigenvalue weighted by Crippen LogP contribution is 2.61. The number of rotatable bonds is 5. The number of carbonyl (C=O) groups is 1. The molecule has 0 spiro atoms. The van der Waals surface area contributed by atoms with Gasteiger partial charge in [-0.05, 0) is 73.9 Å². The second-order valence-corrected chi connectivity index (χ2v) is 12.2. The molecule has 5 atom stereocenters. The molecule has 0 radical (unpaired) electrons. The van der Waals surface area contributed by atoms with E-state index in [2.05, 4.69) is 60.7 Å². The molecule has 1 aromatic rings.